The summed E-state index contributed by atoms with van der Waals surface area (Å²) in [7, 11) is 0. The maximum Gasteiger partial charge on any atom is 0.436 e. The Morgan fingerprint density at radius 3 is 2.29 bits per heavy atom. The van der Waals surface area contributed by atoms with Gasteiger partial charge in [0.2, 0.25) is 11.8 Å². The van der Waals surface area contributed by atoms with Crippen LogP contribution in [-0.2, 0) is 36.8 Å². The molecule has 2 N–H and O–H groups in total. The first-order chi connectivity index (χ1) is 20.2. The molecule has 0 radical (unpaired) electrons. The Bertz CT molecular complexity index is 1230. The van der Waals surface area contributed by atoms with Crippen molar-refractivity contribution in [2.45, 2.75) is 64.4 Å². The number of benzene rings is 2. The van der Waals surface area contributed by atoms with Crippen molar-refractivity contribution in [3.05, 3.63) is 71.8 Å². The number of rotatable bonds is 11. The van der Waals surface area contributed by atoms with E-state index in [1.54, 1.807) is 0 Å². The van der Waals surface area contributed by atoms with Crippen LogP contribution in [0.4, 0.5) is 4.79 Å². The molecule has 2 aliphatic rings. The van der Waals surface area contributed by atoms with E-state index >= 15 is 0 Å². The zero-order chi connectivity index (χ0) is 30.2. The van der Waals surface area contributed by atoms with Gasteiger partial charge >= 0.3 is 6.09 Å². The minimum atomic E-state index is -1.02. The molecule has 0 aromatic heterocycles. The maximum absolute atomic E-state index is 14.3. The molecular weight excluding hydrogens is 540 g/mol. The molecule has 2 fully saturated rings. The molecule has 0 aliphatic carbocycles. The summed E-state index contributed by atoms with van der Waals surface area (Å²) in [6.45, 7) is 5.32. The quantitative estimate of drug-likeness (QED) is 0.417. The number of hydrogen-bond donors (Lipinski definition) is 2. The first-order valence-corrected chi connectivity index (χ1v) is 14.4. The Balaban J connectivity index is 1.73. The molecular formula is C31H40N4O7. The molecule has 2 aromatic carbocycles. The van der Waals surface area contributed by atoms with E-state index in [-0.39, 0.29) is 39.1 Å². The normalized spacial score (nSPS) is 21.3. The van der Waals surface area contributed by atoms with Gasteiger partial charge in [0.15, 0.2) is 12.3 Å². The number of ether oxygens (including phenoxy) is 1. The van der Waals surface area contributed by atoms with Gasteiger partial charge in [0, 0.05) is 19.4 Å². The average Bonchev–Trinajstić information content (AvgIpc) is 2.98. The molecule has 4 amide bonds. The number of aliphatic hydroxyl groups excluding tert-OH is 1. The largest absolute Gasteiger partial charge is 0.448 e. The van der Waals surface area contributed by atoms with Gasteiger partial charge in [-0.3, -0.25) is 19.2 Å². The van der Waals surface area contributed by atoms with Crippen molar-refractivity contribution >= 4 is 23.8 Å². The third-order valence-corrected chi connectivity index (χ3v) is 7.46. The lowest BCUT2D eigenvalue weighted by Gasteiger charge is -2.53. The molecule has 11 heteroatoms. The van der Waals surface area contributed by atoms with Gasteiger partial charge in [0.25, 0.3) is 5.91 Å². The number of carbonyl (C=O) groups excluding carboxylic acids is 4. The van der Waals surface area contributed by atoms with Gasteiger partial charge in [-0.05, 0) is 30.4 Å². The molecule has 4 rings (SSSR count). The molecule has 2 saturated heterocycles. The summed E-state index contributed by atoms with van der Waals surface area (Å²) in [6, 6.07) is 16.6. The summed E-state index contributed by atoms with van der Waals surface area (Å²) in [5.41, 5.74) is 1.64. The number of hydrogen-bond acceptors (Lipinski definition) is 7. The van der Waals surface area contributed by atoms with Gasteiger partial charge in [-0.2, -0.15) is 5.06 Å². The maximum atomic E-state index is 14.3. The van der Waals surface area contributed by atoms with Crippen LogP contribution in [0.2, 0.25) is 0 Å². The SMILES string of the molecule is CC(C)CCOC(=O)N1O[C@H](C)C(=O)N2C1CN([C@@H](Cc1ccccc1)C(=O)NCCO)C(=O)[C@@H]2Cc1ccccc1. The van der Waals surface area contributed by atoms with E-state index in [0.29, 0.717) is 12.3 Å². The summed E-state index contributed by atoms with van der Waals surface area (Å²) < 4.78 is 5.51. The van der Waals surface area contributed by atoms with E-state index in [4.69, 9.17) is 9.57 Å². The molecule has 0 bridgehead atoms. The predicted octanol–water partition coefficient (Wildman–Crippen LogP) is 2.13. The van der Waals surface area contributed by atoms with Gasteiger partial charge < -0.3 is 25.0 Å². The molecule has 226 valence electrons. The minimum absolute atomic E-state index is 0.0164. The highest BCUT2D eigenvalue weighted by Gasteiger charge is 2.54. The number of hydroxylamine groups is 2. The van der Waals surface area contributed by atoms with Gasteiger partial charge in [-0.1, -0.05) is 74.5 Å². The lowest BCUT2D eigenvalue weighted by Crippen LogP contribution is -2.75. The van der Waals surface area contributed by atoms with Crippen molar-refractivity contribution in [1.29, 1.82) is 0 Å². The van der Waals surface area contributed by atoms with Crippen LogP contribution in [0.5, 0.6) is 0 Å². The smallest absolute Gasteiger partial charge is 0.436 e. The van der Waals surface area contributed by atoms with Crippen LogP contribution in [0.1, 0.15) is 38.3 Å². The second kappa shape index (κ2) is 14.3. The highest BCUT2D eigenvalue weighted by atomic mass is 16.7. The number of nitrogens with one attached hydrogen (secondary N) is 1. The number of aliphatic hydroxyl groups is 1. The van der Waals surface area contributed by atoms with Crippen molar-refractivity contribution in [1.82, 2.24) is 20.2 Å². The van der Waals surface area contributed by atoms with Gasteiger partial charge in [0.05, 0.1) is 19.8 Å². The second-order valence-corrected chi connectivity index (χ2v) is 11.0. The Labute approximate surface area is 246 Å². The van der Waals surface area contributed by atoms with Crippen molar-refractivity contribution in [3.8, 4) is 0 Å². The van der Waals surface area contributed by atoms with Crippen LogP contribution in [0.25, 0.3) is 0 Å². The van der Waals surface area contributed by atoms with E-state index < -0.39 is 48.2 Å². The summed E-state index contributed by atoms with van der Waals surface area (Å²) in [6.07, 6.45) is -1.79. The van der Waals surface area contributed by atoms with Crippen LogP contribution < -0.4 is 5.32 Å². The highest BCUT2D eigenvalue weighted by Crippen LogP contribution is 2.31. The van der Waals surface area contributed by atoms with Crippen LogP contribution in [0, 0.1) is 5.92 Å². The summed E-state index contributed by atoms with van der Waals surface area (Å²) in [5, 5.41) is 13.1. The fourth-order valence-corrected chi connectivity index (χ4v) is 5.25. The van der Waals surface area contributed by atoms with Crippen molar-refractivity contribution in [2.75, 3.05) is 26.3 Å². The highest BCUT2D eigenvalue weighted by molar-refractivity contribution is 5.95. The third-order valence-electron chi connectivity index (χ3n) is 7.46. The molecule has 0 saturated carbocycles. The monoisotopic (exact) mass is 580 g/mol. The standard InChI is InChI=1S/C31H40N4O7/c1-21(2)14-17-41-31(40)35-27-20-33(25(28(37)32-15-16-36)18-23-10-6-4-7-11-23)30(39)26(19-24-12-8-5-9-13-24)34(27)29(38)22(3)42-35/h4-13,21-22,25-27,36H,14-20H2,1-3H3,(H,32,37)/t22-,25+,26+,27?/m1/s1. The number of carbonyl (C=O) groups is 4. The third kappa shape index (κ3) is 7.27. The lowest BCUT2D eigenvalue weighted by atomic mass is 9.95. The number of fused-ring (bicyclic) bond motifs is 1. The van der Waals surface area contributed by atoms with Crippen molar-refractivity contribution in [2.24, 2.45) is 5.92 Å². The first-order valence-electron chi connectivity index (χ1n) is 14.4. The lowest BCUT2D eigenvalue weighted by molar-refractivity contribution is -0.264. The molecule has 2 aromatic rings. The second-order valence-electron chi connectivity index (χ2n) is 11.0. The van der Waals surface area contributed by atoms with Crippen molar-refractivity contribution < 1.29 is 33.9 Å². The number of piperazine rings is 1. The fourth-order valence-electron chi connectivity index (χ4n) is 5.25. The zero-order valence-corrected chi connectivity index (χ0v) is 24.3. The summed E-state index contributed by atoms with van der Waals surface area (Å²) in [5.74, 6) is -0.975. The Morgan fingerprint density at radius 2 is 1.67 bits per heavy atom. The summed E-state index contributed by atoms with van der Waals surface area (Å²) in [4.78, 5) is 63.3. The molecule has 11 nitrogen and oxygen atoms in total. The molecule has 0 spiro atoms. The first kappa shape index (κ1) is 31.0. The molecule has 42 heavy (non-hydrogen) atoms. The fraction of sp³-hybridized carbons (Fsp3) is 0.484. The average molecular weight is 581 g/mol. The molecule has 1 unspecified atom stereocenters. The zero-order valence-electron chi connectivity index (χ0n) is 24.3. The predicted molar refractivity (Wildman–Crippen MR) is 153 cm³/mol. The Hall–Kier alpha value is -3.96. The van der Waals surface area contributed by atoms with Crippen LogP contribution in [0.3, 0.4) is 0 Å². The van der Waals surface area contributed by atoms with Gasteiger partial charge in [0.1, 0.15) is 12.1 Å². The van der Waals surface area contributed by atoms with Crippen LogP contribution >= 0.6 is 0 Å². The number of amides is 4. The van der Waals surface area contributed by atoms with E-state index in [2.05, 4.69) is 5.32 Å². The molecule has 2 heterocycles. The number of nitrogens with zero attached hydrogens (tertiary/aromatic N) is 3. The Morgan fingerprint density at radius 1 is 1.02 bits per heavy atom. The summed E-state index contributed by atoms with van der Waals surface area (Å²) >= 11 is 0. The van der Waals surface area contributed by atoms with E-state index in [1.807, 2.05) is 74.5 Å². The van der Waals surface area contributed by atoms with E-state index in [9.17, 15) is 24.3 Å². The Kier molecular flexibility index (Phi) is 10.5. The van der Waals surface area contributed by atoms with E-state index in [0.717, 1.165) is 16.2 Å². The molecule has 2 aliphatic heterocycles. The van der Waals surface area contributed by atoms with Crippen LogP contribution in [0.15, 0.2) is 60.7 Å². The van der Waals surface area contributed by atoms with Gasteiger partial charge in [-0.25, -0.2) is 4.79 Å². The topological polar surface area (TPSA) is 129 Å². The van der Waals surface area contributed by atoms with Gasteiger partial charge in [-0.15, -0.1) is 0 Å². The van der Waals surface area contributed by atoms with Crippen molar-refractivity contribution in [3.63, 3.8) is 0 Å². The van der Waals surface area contributed by atoms with Crippen LogP contribution in [-0.4, -0.2) is 94.4 Å². The molecule has 4 atom stereocenters. The minimum Gasteiger partial charge on any atom is -0.448 e. The van der Waals surface area contributed by atoms with E-state index in [1.165, 1.54) is 16.7 Å².